The first kappa shape index (κ1) is 14.7. The fourth-order valence-corrected chi connectivity index (χ4v) is 1.92. The van der Waals surface area contributed by atoms with Crippen LogP contribution in [0, 0.1) is 0 Å². The molecule has 1 aromatic heterocycles. The lowest BCUT2D eigenvalue weighted by atomic mass is 10.1. The van der Waals surface area contributed by atoms with E-state index in [9.17, 15) is 9.59 Å². The molecular formula is C16H16N2O3. The second-order valence-corrected chi connectivity index (χ2v) is 4.48. The van der Waals surface area contributed by atoms with Crippen LogP contribution in [0.1, 0.15) is 15.9 Å². The summed E-state index contributed by atoms with van der Waals surface area (Å²) in [7, 11) is 1.30. The Bertz CT molecular complexity index is 599. The quantitative estimate of drug-likeness (QED) is 0.847. The first-order valence-corrected chi connectivity index (χ1v) is 6.53. The number of nitrogens with zero attached hydrogens (tertiary/aromatic N) is 1. The van der Waals surface area contributed by atoms with Crippen LogP contribution in [-0.4, -0.2) is 30.0 Å². The molecule has 2 aromatic rings. The first-order chi connectivity index (χ1) is 10.2. The summed E-state index contributed by atoms with van der Waals surface area (Å²) in [6, 6.07) is 11.6. The number of pyridine rings is 1. The third-order valence-electron chi connectivity index (χ3n) is 2.99. The molecule has 108 valence electrons. The lowest BCUT2D eigenvalue weighted by Gasteiger charge is -2.16. The highest BCUT2D eigenvalue weighted by Gasteiger charge is 2.22. The van der Waals surface area contributed by atoms with Crippen molar-refractivity contribution in [3.8, 4) is 0 Å². The van der Waals surface area contributed by atoms with Gasteiger partial charge in [0.2, 0.25) is 0 Å². The van der Waals surface area contributed by atoms with Crippen LogP contribution in [0.15, 0.2) is 54.9 Å². The molecule has 0 bridgehead atoms. The Morgan fingerprint density at radius 2 is 1.95 bits per heavy atom. The van der Waals surface area contributed by atoms with Gasteiger partial charge in [0.1, 0.15) is 6.04 Å². The van der Waals surface area contributed by atoms with E-state index in [2.05, 4.69) is 10.3 Å². The van der Waals surface area contributed by atoms with Gasteiger partial charge in [-0.25, -0.2) is 4.79 Å². The zero-order valence-corrected chi connectivity index (χ0v) is 11.7. The minimum absolute atomic E-state index is 0.310. The first-order valence-electron chi connectivity index (χ1n) is 6.53. The van der Waals surface area contributed by atoms with Crippen LogP contribution in [0.5, 0.6) is 0 Å². The Balaban J connectivity index is 2.10. The van der Waals surface area contributed by atoms with E-state index in [0.717, 1.165) is 5.56 Å². The van der Waals surface area contributed by atoms with E-state index in [1.807, 2.05) is 12.1 Å². The average Bonchev–Trinajstić information content (AvgIpc) is 2.55. The van der Waals surface area contributed by atoms with Gasteiger partial charge >= 0.3 is 5.97 Å². The highest BCUT2D eigenvalue weighted by molar-refractivity contribution is 5.96. The maximum atomic E-state index is 12.1. The van der Waals surface area contributed by atoms with E-state index >= 15 is 0 Å². The van der Waals surface area contributed by atoms with E-state index in [0.29, 0.717) is 12.0 Å². The van der Waals surface area contributed by atoms with Crippen molar-refractivity contribution in [1.29, 1.82) is 0 Å². The molecule has 0 spiro atoms. The van der Waals surface area contributed by atoms with Gasteiger partial charge in [-0.2, -0.15) is 0 Å². The van der Waals surface area contributed by atoms with E-state index in [4.69, 9.17) is 4.74 Å². The number of amides is 1. The van der Waals surface area contributed by atoms with Gasteiger partial charge < -0.3 is 10.1 Å². The molecule has 0 saturated heterocycles. The molecule has 5 heteroatoms. The molecule has 1 amide bonds. The lowest BCUT2D eigenvalue weighted by Crippen LogP contribution is -2.43. The smallest absolute Gasteiger partial charge is 0.328 e. The van der Waals surface area contributed by atoms with Crippen molar-refractivity contribution in [2.45, 2.75) is 12.5 Å². The van der Waals surface area contributed by atoms with Crippen LogP contribution in [0.3, 0.4) is 0 Å². The number of rotatable bonds is 5. The van der Waals surface area contributed by atoms with Gasteiger partial charge in [-0.05, 0) is 23.8 Å². The minimum Gasteiger partial charge on any atom is -0.467 e. The van der Waals surface area contributed by atoms with Crippen molar-refractivity contribution < 1.29 is 14.3 Å². The Labute approximate surface area is 123 Å². The maximum Gasteiger partial charge on any atom is 0.328 e. The SMILES string of the molecule is COC(=O)[C@@H](Cc1cccnc1)NC(=O)c1ccccc1. The summed E-state index contributed by atoms with van der Waals surface area (Å²) in [6.45, 7) is 0. The molecule has 21 heavy (non-hydrogen) atoms. The number of carbonyl (C=O) groups excluding carboxylic acids is 2. The van der Waals surface area contributed by atoms with Crippen molar-refractivity contribution >= 4 is 11.9 Å². The summed E-state index contributed by atoms with van der Waals surface area (Å²) in [6.07, 6.45) is 3.64. The van der Waals surface area contributed by atoms with Crippen molar-refractivity contribution in [3.63, 3.8) is 0 Å². The van der Waals surface area contributed by atoms with Crippen molar-refractivity contribution in [2.24, 2.45) is 0 Å². The Hall–Kier alpha value is -2.69. The largest absolute Gasteiger partial charge is 0.467 e. The number of hydrogen-bond acceptors (Lipinski definition) is 4. The maximum absolute atomic E-state index is 12.1. The van der Waals surface area contributed by atoms with Crippen LogP contribution >= 0.6 is 0 Å². The predicted octanol–water partition coefficient (Wildman–Crippen LogP) is 1.60. The van der Waals surface area contributed by atoms with Crippen LogP contribution in [0.2, 0.25) is 0 Å². The fraction of sp³-hybridized carbons (Fsp3) is 0.188. The number of nitrogens with one attached hydrogen (secondary N) is 1. The van der Waals surface area contributed by atoms with Gasteiger partial charge in [0.05, 0.1) is 7.11 Å². The van der Waals surface area contributed by atoms with E-state index in [1.165, 1.54) is 7.11 Å². The van der Waals surface area contributed by atoms with Crippen molar-refractivity contribution in [1.82, 2.24) is 10.3 Å². The van der Waals surface area contributed by atoms with Crippen molar-refractivity contribution in [2.75, 3.05) is 7.11 Å². The monoisotopic (exact) mass is 284 g/mol. The predicted molar refractivity (Wildman–Crippen MR) is 77.7 cm³/mol. The molecule has 0 aliphatic rings. The molecule has 0 fully saturated rings. The minimum atomic E-state index is -0.744. The number of ether oxygens (including phenoxy) is 1. The van der Waals surface area contributed by atoms with E-state index in [1.54, 1.807) is 42.7 Å². The van der Waals surface area contributed by atoms with Crippen LogP contribution in [0.25, 0.3) is 0 Å². The molecule has 0 aliphatic heterocycles. The fourth-order valence-electron chi connectivity index (χ4n) is 1.92. The number of methoxy groups -OCH3 is 1. The van der Waals surface area contributed by atoms with E-state index in [-0.39, 0.29) is 5.91 Å². The second kappa shape index (κ2) is 7.19. The van der Waals surface area contributed by atoms with Crippen LogP contribution in [-0.2, 0) is 16.0 Å². The molecule has 5 nitrogen and oxygen atoms in total. The molecule has 0 saturated carbocycles. The van der Waals surface area contributed by atoms with Gasteiger partial charge in [0.25, 0.3) is 5.91 Å². The third kappa shape index (κ3) is 4.14. The molecule has 0 unspecified atom stereocenters. The van der Waals surface area contributed by atoms with Gasteiger partial charge in [0.15, 0.2) is 0 Å². The summed E-state index contributed by atoms with van der Waals surface area (Å²) in [5, 5.41) is 2.69. The summed E-state index contributed by atoms with van der Waals surface area (Å²) in [4.78, 5) is 28.0. The summed E-state index contributed by atoms with van der Waals surface area (Å²) in [5.74, 6) is -0.793. The van der Waals surface area contributed by atoms with Gasteiger partial charge in [-0.15, -0.1) is 0 Å². The second-order valence-electron chi connectivity index (χ2n) is 4.48. The zero-order chi connectivity index (χ0) is 15.1. The standard InChI is InChI=1S/C16H16N2O3/c1-21-16(20)14(10-12-6-5-9-17-11-12)18-15(19)13-7-3-2-4-8-13/h2-9,11,14H,10H2,1H3,(H,18,19)/t14-/m1/s1. The topological polar surface area (TPSA) is 68.3 Å². The summed E-state index contributed by atoms with van der Waals surface area (Å²) in [5.41, 5.74) is 1.35. The molecule has 1 aromatic carbocycles. The Morgan fingerprint density at radius 1 is 1.19 bits per heavy atom. The van der Waals surface area contributed by atoms with Gasteiger partial charge in [-0.3, -0.25) is 9.78 Å². The zero-order valence-electron chi connectivity index (χ0n) is 11.7. The number of aromatic nitrogens is 1. The molecule has 1 heterocycles. The highest BCUT2D eigenvalue weighted by atomic mass is 16.5. The van der Waals surface area contributed by atoms with Crippen LogP contribution in [0.4, 0.5) is 0 Å². The average molecular weight is 284 g/mol. The molecule has 0 aliphatic carbocycles. The summed E-state index contributed by atoms with van der Waals surface area (Å²) < 4.78 is 4.75. The molecule has 1 N–H and O–H groups in total. The molecule has 1 atom stereocenters. The van der Waals surface area contributed by atoms with Gasteiger partial charge in [0, 0.05) is 24.4 Å². The Morgan fingerprint density at radius 3 is 2.57 bits per heavy atom. The number of carbonyl (C=O) groups is 2. The normalized spacial score (nSPS) is 11.5. The Kier molecular flexibility index (Phi) is 5.04. The number of esters is 1. The lowest BCUT2D eigenvalue weighted by molar-refractivity contribution is -0.142. The van der Waals surface area contributed by atoms with E-state index < -0.39 is 12.0 Å². The molecular weight excluding hydrogens is 268 g/mol. The summed E-state index contributed by atoms with van der Waals surface area (Å²) >= 11 is 0. The number of benzene rings is 1. The number of hydrogen-bond donors (Lipinski definition) is 1. The van der Waals surface area contributed by atoms with Crippen LogP contribution < -0.4 is 5.32 Å². The third-order valence-corrected chi connectivity index (χ3v) is 2.99. The van der Waals surface area contributed by atoms with Crippen molar-refractivity contribution in [3.05, 3.63) is 66.0 Å². The molecule has 2 rings (SSSR count). The molecule has 0 radical (unpaired) electrons. The van der Waals surface area contributed by atoms with Gasteiger partial charge in [-0.1, -0.05) is 24.3 Å². The highest BCUT2D eigenvalue weighted by Crippen LogP contribution is 2.05.